The number of carbonyl (C=O) groups is 1. The van der Waals surface area contributed by atoms with E-state index in [1.165, 1.54) is 6.07 Å². The van der Waals surface area contributed by atoms with Crippen LogP contribution in [0.15, 0.2) is 6.07 Å². The zero-order valence-electron chi connectivity index (χ0n) is 12.0. The molecular formula is C14H17F2N3O3. The SMILES string of the molecule is NC(=O)c1cc2c(nc1N1CCCC(F)(F)CC1)OCCO2. The van der Waals surface area contributed by atoms with Crippen LogP contribution < -0.4 is 20.1 Å². The Labute approximate surface area is 126 Å². The average Bonchev–Trinajstić information content (AvgIpc) is 2.66. The van der Waals surface area contributed by atoms with E-state index in [2.05, 4.69) is 4.98 Å². The Hall–Kier alpha value is -2.12. The maximum Gasteiger partial charge on any atom is 0.259 e. The molecule has 1 aromatic rings. The molecule has 1 saturated heterocycles. The molecule has 0 atom stereocenters. The molecule has 0 saturated carbocycles. The third-order valence-corrected chi connectivity index (χ3v) is 3.80. The second-order valence-corrected chi connectivity index (χ2v) is 5.42. The summed E-state index contributed by atoms with van der Waals surface area (Å²) >= 11 is 0. The molecule has 22 heavy (non-hydrogen) atoms. The molecular weight excluding hydrogens is 296 g/mol. The molecule has 0 bridgehead atoms. The van der Waals surface area contributed by atoms with Crippen LogP contribution in [0.2, 0.25) is 0 Å². The van der Waals surface area contributed by atoms with Crippen LogP contribution in [0.1, 0.15) is 29.6 Å². The molecule has 3 rings (SSSR count). The normalized spacial score (nSPS) is 20.4. The van der Waals surface area contributed by atoms with E-state index in [9.17, 15) is 13.6 Å². The van der Waals surface area contributed by atoms with Gasteiger partial charge >= 0.3 is 0 Å². The smallest absolute Gasteiger partial charge is 0.259 e. The molecule has 120 valence electrons. The van der Waals surface area contributed by atoms with Gasteiger partial charge in [0.25, 0.3) is 11.8 Å². The number of ether oxygens (including phenoxy) is 2. The molecule has 0 spiro atoms. The van der Waals surface area contributed by atoms with E-state index >= 15 is 0 Å². The first kappa shape index (κ1) is 14.8. The average molecular weight is 313 g/mol. The number of carbonyl (C=O) groups excluding carboxylic acids is 1. The molecule has 2 aliphatic rings. The molecule has 0 radical (unpaired) electrons. The highest BCUT2D eigenvalue weighted by atomic mass is 19.3. The molecule has 8 heteroatoms. The summed E-state index contributed by atoms with van der Waals surface area (Å²) in [4.78, 5) is 17.6. The Kier molecular flexibility index (Phi) is 3.76. The Morgan fingerprint density at radius 3 is 2.82 bits per heavy atom. The first-order chi connectivity index (χ1) is 10.5. The number of fused-ring (bicyclic) bond motifs is 1. The van der Waals surface area contributed by atoms with Crippen LogP contribution in [-0.2, 0) is 0 Å². The van der Waals surface area contributed by atoms with E-state index in [0.29, 0.717) is 31.9 Å². The van der Waals surface area contributed by atoms with E-state index < -0.39 is 11.8 Å². The number of nitrogens with two attached hydrogens (primary N) is 1. The lowest BCUT2D eigenvalue weighted by Crippen LogP contribution is -2.30. The van der Waals surface area contributed by atoms with Gasteiger partial charge in [-0.3, -0.25) is 4.79 Å². The highest BCUT2D eigenvalue weighted by Crippen LogP contribution is 2.35. The van der Waals surface area contributed by atoms with Crippen LogP contribution in [0, 0.1) is 0 Å². The summed E-state index contributed by atoms with van der Waals surface area (Å²) < 4.78 is 37.8. The van der Waals surface area contributed by atoms with Gasteiger partial charge in [-0.05, 0) is 6.42 Å². The Bertz CT molecular complexity index is 595. The van der Waals surface area contributed by atoms with Crippen LogP contribution in [0.3, 0.4) is 0 Å². The second-order valence-electron chi connectivity index (χ2n) is 5.42. The maximum atomic E-state index is 13.5. The molecule has 1 fully saturated rings. The second kappa shape index (κ2) is 5.58. The minimum absolute atomic E-state index is 0.111. The number of hydrogen-bond acceptors (Lipinski definition) is 5. The molecule has 0 aromatic carbocycles. The van der Waals surface area contributed by atoms with Crippen molar-refractivity contribution in [2.75, 3.05) is 31.2 Å². The number of pyridine rings is 1. The highest BCUT2D eigenvalue weighted by Gasteiger charge is 2.33. The standard InChI is InChI=1S/C14H17F2N3O3/c15-14(16)2-1-4-19(5-3-14)12-9(11(17)20)8-10-13(18-12)22-7-6-21-10/h8H,1-7H2,(H2,17,20). The minimum Gasteiger partial charge on any atom is -0.484 e. The maximum absolute atomic E-state index is 13.5. The van der Waals surface area contributed by atoms with Gasteiger partial charge in [-0.1, -0.05) is 0 Å². The van der Waals surface area contributed by atoms with Crippen molar-refractivity contribution in [3.05, 3.63) is 11.6 Å². The third kappa shape index (κ3) is 2.90. The van der Waals surface area contributed by atoms with E-state index in [4.69, 9.17) is 15.2 Å². The molecule has 2 N–H and O–H groups in total. The fourth-order valence-corrected chi connectivity index (χ4v) is 2.66. The monoisotopic (exact) mass is 313 g/mol. The van der Waals surface area contributed by atoms with Crippen LogP contribution in [0.25, 0.3) is 0 Å². The molecule has 1 aromatic heterocycles. The first-order valence-electron chi connectivity index (χ1n) is 7.19. The fourth-order valence-electron chi connectivity index (χ4n) is 2.66. The van der Waals surface area contributed by atoms with Gasteiger partial charge in [-0.2, -0.15) is 4.98 Å². The van der Waals surface area contributed by atoms with Crippen LogP contribution in [0.4, 0.5) is 14.6 Å². The van der Waals surface area contributed by atoms with E-state index in [0.717, 1.165) is 0 Å². The van der Waals surface area contributed by atoms with Crippen LogP contribution >= 0.6 is 0 Å². The van der Waals surface area contributed by atoms with Gasteiger partial charge < -0.3 is 20.1 Å². The summed E-state index contributed by atoms with van der Waals surface area (Å²) in [6.45, 7) is 1.22. The topological polar surface area (TPSA) is 77.7 Å². The van der Waals surface area contributed by atoms with Crippen molar-refractivity contribution in [1.29, 1.82) is 0 Å². The van der Waals surface area contributed by atoms with Gasteiger partial charge in [0, 0.05) is 32.0 Å². The summed E-state index contributed by atoms with van der Waals surface area (Å²) in [7, 11) is 0. The number of alkyl halides is 2. The van der Waals surface area contributed by atoms with Gasteiger partial charge in [0.1, 0.15) is 19.0 Å². The lowest BCUT2D eigenvalue weighted by Gasteiger charge is -2.26. The minimum atomic E-state index is -2.69. The van der Waals surface area contributed by atoms with E-state index in [1.54, 1.807) is 4.90 Å². The molecule has 0 aliphatic carbocycles. The van der Waals surface area contributed by atoms with Gasteiger partial charge in [0.2, 0.25) is 5.92 Å². The van der Waals surface area contributed by atoms with Crippen molar-refractivity contribution in [1.82, 2.24) is 4.98 Å². The number of hydrogen-bond donors (Lipinski definition) is 1. The number of halogens is 2. The predicted molar refractivity (Wildman–Crippen MR) is 74.8 cm³/mol. The lowest BCUT2D eigenvalue weighted by molar-refractivity contribution is -0.0102. The van der Waals surface area contributed by atoms with Crippen molar-refractivity contribution < 1.29 is 23.0 Å². The predicted octanol–water partition coefficient (Wildman–Crippen LogP) is 1.58. The zero-order valence-corrected chi connectivity index (χ0v) is 12.0. The van der Waals surface area contributed by atoms with Crippen LogP contribution in [-0.4, -0.2) is 43.1 Å². The number of rotatable bonds is 2. The van der Waals surface area contributed by atoms with Gasteiger partial charge in [0.05, 0.1) is 5.56 Å². The van der Waals surface area contributed by atoms with E-state index in [1.807, 2.05) is 0 Å². The summed E-state index contributed by atoms with van der Waals surface area (Å²) in [5, 5.41) is 0. The van der Waals surface area contributed by atoms with Crippen molar-refractivity contribution in [3.63, 3.8) is 0 Å². The molecule has 2 aliphatic heterocycles. The summed E-state index contributed by atoms with van der Waals surface area (Å²) in [6.07, 6.45) is -0.122. The lowest BCUT2D eigenvalue weighted by atomic mass is 10.1. The van der Waals surface area contributed by atoms with Crippen molar-refractivity contribution in [2.24, 2.45) is 5.73 Å². The highest BCUT2D eigenvalue weighted by molar-refractivity contribution is 5.98. The number of amides is 1. The molecule has 0 unspecified atom stereocenters. The van der Waals surface area contributed by atoms with E-state index in [-0.39, 0.29) is 36.6 Å². The summed E-state index contributed by atoms with van der Waals surface area (Å²) in [6, 6.07) is 1.47. The zero-order chi connectivity index (χ0) is 15.7. The molecule has 6 nitrogen and oxygen atoms in total. The molecule has 3 heterocycles. The number of primary amides is 1. The van der Waals surface area contributed by atoms with Crippen molar-refractivity contribution >= 4 is 11.7 Å². The third-order valence-electron chi connectivity index (χ3n) is 3.80. The number of anilines is 1. The Morgan fingerprint density at radius 2 is 2.05 bits per heavy atom. The van der Waals surface area contributed by atoms with Gasteiger partial charge in [-0.15, -0.1) is 0 Å². The summed E-state index contributed by atoms with van der Waals surface area (Å²) in [5.41, 5.74) is 5.56. The summed E-state index contributed by atoms with van der Waals surface area (Å²) in [5.74, 6) is -2.45. The Balaban J connectivity index is 1.96. The fraction of sp³-hybridized carbons (Fsp3) is 0.571. The number of aromatic nitrogens is 1. The van der Waals surface area contributed by atoms with Crippen LogP contribution in [0.5, 0.6) is 11.6 Å². The number of nitrogens with zero attached hydrogens (tertiary/aromatic N) is 2. The quantitative estimate of drug-likeness (QED) is 0.897. The Morgan fingerprint density at radius 1 is 1.27 bits per heavy atom. The van der Waals surface area contributed by atoms with Gasteiger partial charge in [0.15, 0.2) is 5.75 Å². The largest absolute Gasteiger partial charge is 0.484 e. The first-order valence-corrected chi connectivity index (χ1v) is 7.19. The molecule has 1 amide bonds. The van der Waals surface area contributed by atoms with Gasteiger partial charge in [-0.25, -0.2) is 8.78 Å². The van der Waals surface area contributed by atoms with Crippen molar-refractivity contribution in [3.8, 4) is 11.6 Å². The van der Waals surface area contributed by atoms with Crippen molar-refractivity contribution in [2.45, 2.75) is 25.2 Å².